The van der Waals surface area contributed by atoms with Crippen LogP contribution in [0.25, 0.3) is 16.6 Å². The van der Waals surface area contributed by atoms with E-state index in [1.54, 1.807) is 12.3 Å². The van der Waals surface area contributed by atoms with E-state index in [1.165, 1.54) is 15.9 Å². The van der Waals surface area contributed by atoms with E-state index in [1.807, 2.05) is 12.1 Å². The second kappa shape index (κ2) is 9.25. The molecule has 4 rings (SSSR count). The van der Waals surface area contributed by atoms with Crippen molar-refractivity contribution >= 4 is 33.0 Å². The summed E-state index contributed by atoms with van der Waals surface area (Å²) in [6.07, 6.45) is 4.30. The lowest BCUT2D eigenvalue weighted by atomic mass is 10.1. The predicted molar refractivity (Wildman–Crippen MR) is 135 cm³/mol. The number of hydrogen-bond donors (Lipinski definition) is 0. The van der Waals surface area contributed by atoms with E-state index in [9.17, 15) is 4.79 Å². The Morgan fingerprint density at radius 2 is 1.88 bits per heavy atom. The normalized spacial score (nSPS) is 11.7. The summed E-state index contributed by atoms with van der Waals surface area (Å²) in [5.74, 6) is 0.675. The zero-order valence-electron chi connectivity index (χ0n) is 18.9. The van der Waals surface area contributed by atoms with Gasteiger partial charge in [-0.05, 0) is 62.6 Å². The number of hydrogen-bond acceptors (Lipinski definition) is 3. The molecule has 0 amide bonds. The first-order valence-electron chi connectivity index (χ1n) is 11.0. The maximum Gasteiger partial charge on any atom is 0.282 e. The van der Waals surface area contributed by atoms with Gasteiger partial charge in [0, 0.05) is 33.5 Å². The number of aromatic nitrogens is 3. The Hall–Kier alpha value is -2.99. The molecular weight excluding hydrogens is 464 g/mol. The van der Waals surface area contributed by atoms with Gasteiger partial charge in [0.25, 0.3) is 5.56 Å². The Labute approximate surface area is 196 Å². The molecule has 0 aliphatic rings. The lowest BCUT2D eigenvalue weighted by Gasteiger charge is -2.13. The highest BCUT2D eigenvalue weighted by molar-refractivity contribution is 9.10. The number of para-hydroxylation sites is 1. The first-order chi connectivity index (χ1) is 15.4. The van der Waals surface area contributed by atoms with Crippen molar-refractivity contribution in [2.45, 2.75) is 47.0 Å². The van der Waals surface area contributed by atoms with Crippen LogP contribution < -0.4 is 5.56 Å². The largest absolute Gasteiger partial charge is 0.318 e. The van der Waals surface area contributed by atoms with Crippen molar-refractivity contribution in [3.05, 3.63) is 91.7 Å². The maximum absolute atomic E-state index is 13.2. The van der Waals surface area contributed by atoms with E-state index in [2.05, 4.69) is 83.6 Å². The van der Waals surface area contributed by atoms with Crippen LogP contribution in [0.2, 0.25) is 0 Å². The summed E-state index contributed by atoms with van der Waals surface area (Å²) in [5.41, 5.74) is 6.23. The van der Waals surface area contributed by atoms with Crippen molar-refractivity contribution in [2.75, 3.05) is 0 Å². The molecule has 32 heavy (non-hydrogen) atoms. The minimum absolute atomic E-state index is 0.152. The molecule has 0 bridgehead atoms. The molecule has 6 heteroatoms. The third-order valence-electron chi connectivity index (χ3n) is 5.74. The summed E-state index contributed by atoms with van der Waals surface area (Å²) in [4.78, 5) is 18.0. The van der Waals surface area contributed by atoms with Gasteiger partial charge in [0.2, 0.25) is 0 Å². The highest BCUT2D eigenvalue weighted by Gasteiger charge is 2.13. The highest BCUT2D eigenvalue weighted by Crippen LogP contribution is 2.23. The van der Waals surface area contributed by atoms with Gasteiger partial charge in [-0.1, -0.05) is 48.0 Å². The molecule has 164 valence electrons. The monoisotopic (exact) mass is 490 g/mol. The standard InChI is InChI=1S/C26H27BrN4O/c1-5-9-25-29-23-13-12-21(27)15-22(23)26(32)31(25)28-16-20-14-17(3)30(18(20)4)24-11-8-7-10-19(24)6-2/h7-8,10-16H,5-6,9H2,1-4H3. The predicted octanol–water partition coefficient (Wildman–Crippen LogP) is 5.96. The summed E-state index contributed by atoms with van der Waals surface area (Å²) in [5, 5.41) is 5.17. The number of rotatable bonds is 6. The lowest BCUT2D eigenvalue weighted by Crippen LogP contribution is -2.22. The number of halogens is 1. The molecule has 2 aromatic carbocycles. The van der Waals surface area contributed by atoms with Crippen LogP contribution in [0.5, 0.6) is 0 Å². The molecule has 0 spiro atoms. The zero-order chi connectivity index (χ0) is 22.8. The van der Waals surface area contributed by atoms with Gasteiger partial charge in [-0.3, -0.25) is 4.79 Å². The molecule has 0 atom stereocenters. The summed E-state index contributed by atoms with van der Waals surface area (Å²) < 4.78 is 4.55. The molecule has 4 aromatic rings. The Kier molecular flexibility index (Phi) is 6.42. The molecule has 2 heterocycles. The summed E-state index contributed by atoms with van der Waals surface area (Å²) in [6, 6.07) is 16.1. The van der Waals surface area contributed by atoms with Crippen LogP contribution in [0.15, 0.2) is 62.9 Å². The van der Waals surface area contributed by atoms with Gasteiger partial charge >= 0.3 is 0 Å². The molecule has 0 radical (unpaired) electrons. The average Bonchev–Trinajstić information content (AvgIpc) is 3.07. The first kappa shape index (κ1) is 22.2. The quantitative estimate of drug-likeness (QED) is 0.313. The SMILES string of the molecule is CCCc1nc2ccc(Br)cc2c(=O)n1N=Cc1cc(C)n(-c2ccccc2CC)c1C. The smallest absolute Gasteiger partial charge is 0.282 e. The van der Waals surface area contributed by atoms with Crippen molar-refractivity contribution in [1.29, 1.82) is 0 Å². The molecule has 0 fully saturated rings. The van der Waals surface area contributed by atoms with Crippen molar-refractivity contribution in [2.24, 2.45) is 5.10 Å². The number of fused-ring (bicyclic) bond motifs is 1. The van der Waals surface area contributed by atoms with Gasteiger partial charge < -0.3 is 4.57 Å². The Morgan fingerprint density at radius 1 is 1.09 bits per heavy atom. The number of aryl methyl sites for hydroxylation is 3. The van der Waals surface area contributed by atoms with Crippen LogP contribution in [0.3, 0.4) is 0 Å². The lowest BCUT2D eigenvalue weighted by molar-refractivity contribution is 0.703. The van der Waals surface area contributed by atoms with Gasteiger partial charge in [0.05, 0.1) is 17.1 Å². The van der Waals surface area contributed by atoms with Crippen LogP contribution in [-0.2, 0) is 12.8 Å². The molecule has 0 aliphatic carbocycles. The molecule has 0 aliphatic heterocycles. The minimum atomic E-state index is -0.152. The minimum Gasteiger partial charge on any atom is -0.318 e. The van der Waals surface area contributed by atoms with Gasteiger partial charge in [0.1, 0.15) is 5.82 Å². The van der Waals surface area contributed by atoms with Gasteiger partial charge in [-0.15, -0.1) is 0 Å². The first-order valence-corrected chi connectivity index (χ1v) is 11.8. The van der Waals surface area contributed by atoms with Crippen molar-refractivity contribution in [3.63, 3.8) is 0 Å². The molecule has 2 aromatic heterocycles. The van der Waals surface area contributed by atoms with Gasteiger partial charge in [0.15, 0.2) is 0 Å². The van der Waals surface area contributed by atoms with Crippen LogP contribution in [0.1, 0.15) is 48.6 Å². The summed E-state index contributed by atoms with van der Waals surface area (Å²) in [6.45, 7) is 8.43. The van der Waals surface area contributed by atoms with E-state index in [0.29, 0.717) is 23.1 Å². The number of benzene rings is 2. The third-order valence-corrected chi connectivity index (χ3v) is 6.24. The van der Waals surface area contributed by atoms with Crippen molar-refractivity contribution in [3.8, 4) is 5.69 Å². The number of nitrogens with zero attached hydrogens (tertiary/aromatic N) is 4. The molecule has 5 nitrogen and oxygen atoms in total. The molecule has 0 unspecified atom stereocenters. The highest BCUT2D eigenvalue weighted by atomic mass is 79.9. The van der Waals surface area contributed by atoms with Crippen LogP contribution in [0, 0.1) is 13.8 Å². The van der Waals surface area contributed by atoms with Crippen LogP contribution >= 0.6 is 15.9 Å². The fraction of sp³-hybridized carbons (Fsp3) is 0.269. The summed E-state index contributed by atoms with van der Waals surface area (Å²) >= 11 is 3.45. The molecule has 0 saturated carbocycles. The molecule has 0 N–H and O–H groups in total. The van der Waals surface area contributed by atoms with Gasteiger partial charge in [-0.2, -0.15) is 9.78 Å². The Balaban J connectivity index is 1.83. The van der Waals surface area contributed by atoms with Crippen molar-refractivity contribution < 1.29 is 0 Å². The van der Waals surface area contributed by atoms with E-state index in [0.717, 1.165) is 34.3 Å². The van der Waals surface area contributed by atoms with Crippen molar-refractivity contribution in [1.82, 2.24) is 14.2 Å². The third kappa shape index (κ3) is 4.07. The fourth-order valence-electron chi connectivity index (χ4n) is 4.14. The van der Waals surface area contributed by atoms with Gasteiger partial charge in [-0.25, -0.2) is 4.98 Å². The second-order valence-corrected chi connectivity index (χ2v) is 8.86. The molecule has 0 saturated heterocycles. The van der Waals surface area contributed by atoms with E-state index in [-0.39, 0.29) is 5.56 Å². The van der Waals surface area contributed by atoms with Crippen LogP contribution in [-0.4, -0.2) is 20.4 Å². The average molecular weight is 491 g/mol. The van der Waals surface area contributed by atoms with E-state index < -0.39 is 0 Å². The second-order valence-electron chi connectivity index (χ2n) is 7.95. The molecular formula is C26H27BrN4O. The van der Waals surface area contributed by atoms with E-state index >= 15 is 0 Å². The fourth-order valence-corrected chi connectivity index (χ4v) is 4.50. The summed E-state index contributed by atoms with van der Waals surface area (Å²) in [7, 11) is 0. The maximum atomic E-state index is 13.2. The van der Waals surface area contributed by atoms with E-state index in [4.69, 9.17) is 4.98 Å². The topological polar surface area (TPSA) is 52.2 Å². The Morgan fingerprint density at radius 3 is 2.62 bits per heavy atom. The zero-order valence-corrected chi connectivity index (χ0v) is 20.5. The Bertz CT molecular complexity index is 1380. The van der Waals surface area contributed by atoms with Crippen LogP contribution in [0.4, 0.5) is 0 Å².